The molecule has 0 saturated heterocycles. The van der Waals surface area contributed by atoms with E-state index >= 15 is 0 Å². The van der Waals surface area contributed by atoms with Crippen LogP contribution >= 0.6 is 0 Å². The number of aromatic nitrogens is 1. The van der Waals surface area contributed by atoms with Gasteiger partial charge in [-0.15, -0.1) is 0 Å². The molecule has 6 nitrogen and oxygen atoms in total. The summed E-state index contributed by atoms with van der Waals surface area (Å²) in [5.74, 6) is -0.516. The lowest BCUT2D eigenvalue weighted by Crippen LogP contribution is -2.32. The number of para-hydroxylation sites is 1. The van der Waals surface area contributed by atoms with E-state index in [1.165, 1.54) is 0 Å². The quantitative estimate of drug-likeness (QED) is 0.797. The first-order valence-electron chi connectivity index (χ1n) is 8.79. The number of ketones is 1. The first kappa shape index (κ1) is 16.6. The number of carbonyl (C=O) groups excluding carboxylic acids is 3. The highest BCUT2D eigenvalue weighted by Gasteiger charge is 2.40. The molecule has 2 aliphatic heterocycles. The van der Waals surface area contributed by atoms with Crippen molar-refractivity contribution in [3.63, 3.8) is 0 Å². The van der Waals surface area contributed by atoms with E-state index in [1.54, 1.807) is 22.6 Å². The number of amides is 1. The van der Waals surface area contributed by atoms with Gasteiger partial charge in [-0.25, -0.2) is 0 Å². The van der Waals surface area contributed by atoms with Gasteiger partial charge in [0.15, 0.2) is 5.78 Å². The molecule has 1 amide bonds. The topological polar surface area (TPSA) is 68.6 Å². The Kier molecular flexibility index (Phi) is 3.90. The number of rotatable bonds is 3. The lowest BCUT2D eigenvalue weighted by Gasteiger charge is -2.20. The van der Waals surface area contributed by atoms with Gasteiger partial charge in [-0.3, -0.25) is 14.4 Å². The summed E-state index contributed by atoms with van der Waals surface area (Å²) >= 11 is 0. The zero-order chi connectivity index (χ0) is 18.4. The van der Waals surface area contributed by atoms with Gasteiger partial charge in [0.1, 0.15) is 5.69 Å². The van der Waals surface area contributed by atoms with E-state index < -0.39 is 0 Å². The molecule has 26 heavy (non-hydrogen) atoms. The van der Waals surface area contributed by atoms with Crippen molar-refractivity contribution in [2.75, 3.05) is 6.61 Å². The van der Waals surface area contributed by atoms with Crippen molar-refractivity contribution in [1.82, 2.24) is 9.47 Å². The Labute approximate surface area is 151 Å². The summed E-state index contributed by atoms with van der Waals surface area (Å²) in [6, 6.07) is 7.34. The Hall–Kier alpha value is -2.89. The van der Waals surface area contributed by atoms with E-state index in [2.05, 4.69) is 0 Å². The molecule has 2 aliphatic rings. The van der Waals surface area contributed by atoms with E-state index in [9.17, 15) is 14.4 Å². The van der Waals surface area contributed by atoms with Gasteiger partial charge in [-0.1, -0.05) is 18.2 Å². The minimum absolute atomic E-state index is 0.0246. The van der Waals surface area contributed by atoms with Crippen molar-refractivity contribution in [3.05, 3.63) is 47.3 Å². The highest BCUT2D eigenvalue weighted by molar-refractivity contribution is 6.18. The van der Waals surface area contributed by atoms with Crippen LogP contribution in [0.5, 0.6) is 0 Å². The van der Waals surface area contributed by atoms with Gasteiger partial charge < -0.3 is 14.2 Å². The van der Waals surface area contributed by atoms with Crippen molar-refractivity contribution in [2.45, 2.75) is 32.2 Å². The summed E-state index contributed by atoms with van der Waals surface area (Å²) in [5, 5.41) is 0.820. The van der Waals surface area contributed by atoms with Crippen molar-refractivity contribution >= 4 is 28.6 Å². The van der Waals surface area contributed by atoms with E-state index in [0.29, 0.717) is 24.3 Å². The lowest BCUT2D eigenvalue weighted by atomic mass is 9.99. The number of nitrogens with zero attached hydrogens (tertiary/aromatic N) is 2. The average Bonchev–Trinajstić information content (AvgIpc) is 3.10. The lowest BCUT2D eigenvalue weighted by molar-refractivity contribution is -0.142. The van der Waals surface area contributed by atoms with Gasteiger partial charge >= 0.3 is 5.97 Å². The summed E-state index contributed by atoms with van der Waals surface area (Å²) in [6.45, 7) is 2.09. The van der Waals surface area contributed by atoms with Crippen molar-refractivity contribution in [3.8, 4) is 0 Å². The molecule has 0 spiro atoms. The Morgan fingerprint density at radius 3 is 2.77 bits per heavy atom. The Morgan fingerprint density at radius 2 is 2.00 bits per heavy atom. The molecule has 1 atom stereocenters. The zero-order valence-electron chi connectivity index (χ0n) is 14.8. The summed E-state index contributed by atoms with van der Waals surface area (Å²) < 4.78 is 6.79. The molecule has 2 aromatic rings. The van der Waals surface area contributed by atoms with Gasteiger partial charge in [-0.05, 0) is 25.0 Å². The van der Waals surface area contributed by atoms with Crippen LogP contribution in [0.2, 0.25) is 0 Å². The smallest absolute Gasteiger partial charge is 0.309 e. The van der Waals surface area contributed by atoms with Crippen LogP contribution in [0.15, 0.2) is 36.0 Å². The largest absolute Gasteiger partial charge is 0.466 e. The fourth-order valence-electron chi connectivity index (χ4n) is 4.03. The first-order chi connectivity index (χ1) is 12.5. The molecule has 3 heterocycles. The fraction of sp³-hybridized carbons (Fsp3) is 0.350. The molecule has 1 unspecified atom stereocenters. The Morgan fingerprint density at radius 1 is 1.23 bits per heavy atom. The maximum Gasteiger partial charge on any atom is 0.309 e. The van der Waals surface area contributed by atoms with E-state index in [1.807, 2.05) is 31.3 Å². The number of carbonyl (C=O) groups is 3. The minimum atomic E-state index is -0.305. The summed E-state index contributed by atoms with van der Waals surface area (Å²) in [4.78, 5) is 39.5. The molecular weight excluding hydrogens is 332 g/mol. The molecule has 0 bridgehead atoms. The van der Waals surface area contributed by atoms with Gasteiger partial charge in [-0.2, -0.15) is 0 Å². The SMILES string of the molecule is CCOC(=O)CC1=CN2C(=O)c3c(c4ccccc4n3C)C(=O)CC2C1. The number of benzene rings is 1. The standard InChI is InChI=1S/C20H20N2O4/c1-3-26-17(24)9-12-8-13-10-16(23)18-14-6-4-5-7-15(14)21(2)19(18)20(25)22(13)11-12/h4-7,11,13H,3,8-10H2,1-2H3. The second-order valence-electron chi connectivity index (χ2n) is 6.77. The Balaban J connectivity index is 1.75. The summed E-state index contributed by atoms with van der Waals surface area (Å²) in [6.07, 6.45) is 2.67. The van der Waals surface area contributed by atoms with E-state index in [4.69, 9.17) is 4.74 Å². The minimum Gasteiger partial charge on any atom is -0.466 e. The monoisotopic (exact) mass is 352 g/mol. The molecule has 0 N–H and O–H groups in total. The molecule has 1 aromatic heterocycles. The third kappa shape index (κ3) is 2.44. The fourth-order valence-corrected chi connectivity index (χ4v) is 4.03. The predicted molar refractivity (Wildman–Crippen MR) is 95.8 cm³/mol. The van der Waals surface area contributed by atoms with Crippen LogP contribution in [0.3, 0.4) is 0 Å². The maximum absolute atomic E-state index is 13.2. The normalized spacial score (nSPS) is 19.2. The van der Waals surface area contributed by atoms with E-state index in [0.717, 1.165) is 16.5 Å². The zero-order valence-corrected chi connectivity index (χ0v) is 14.8. The van der Waals surface area contributed by atoms with Crippen molar-refractivity contribution < 1.29 is 19.1 Å². The average molecular weight is 352 g/mol. The molecule has 6 heteroatoms. The van der Waals surface area contributed by atoms with Gasteiger partial charge in [0.2, 0.25) is 0 Å². The second-order valence-corrected chi connectivity index (χ2v) is 6.77. The van der Waals surface area contributed by atoms with Crippen molar-refractivity contribution in [2.24, 2.45) is 7.05 Å². The molecule has 0 fully saturated rings. The summed E-state index contributed by atoms with van der Waals surface area (Å²) in [5.41, 5.74) is 2.64. The molecule has 0 saturated carbocycles. The number of fused-ring (bicyclic) bond motifs is 4. The number of Topliss-reactive ketones (excluding diaryl/α,β-unsaturated/α-hetero) is 1. The number of hydrogen-bond donors (Lipinski definition) is 0. The predicted octanol–water partition coefficient (Wildman–Crippen LogP) is 2.82. The molecule has 1 aromatic carbocycles. The van der Waals surface area contributed by atoms with Crippen LogP contribution in [0.1, 0.15) is 47.0 Å². The first-order valence-corrected chi connectivity index (χ1v) is 8.79. The van der Waals surface area contributed by atoms with Gasteiger partial charge in [0, 0.05) is 36.6 Å². The third-order valence-electron chi connectivity index (χ3n) is 5.13. The molecular formula is C20H20N2O4. The Bertz CT molecular complexity index is 970. The maximum atomic E-state index is 13.2. The summed E-state index contributed by atoms with van der Waals surface area (Å²) in [7, 11) is 1.81. The van der Waals surface area contributed by atoms with Gasteiger partial charge in [0.25, 0.3) is 5.91 Å². The third-order valence-corrected chi connectivity index (χ3v) is 5.13. The second kappa shape index (κ2) is 6.12. The van der Waals surface area contributed by atoms with Crippen molar-refractivity contribution in [1.29, 1.82) is 0 Å². The number of ether oxygens (including phenoxy) is 1. The van der Waals surface area contributed by atoms with Crippen LogP contribution in [-0.4, -0.2) is 39.8 Å². The molecule has 0 radical (unpaired) electrons. The van der Waals surface area contributed by atoms with Crippen LogP contribution in [0, 0.1) is 0 Å². The number of esters is 1. The number of aryl methyl sites for hydroxylation is 1. The highest BCUT2D eigenvalue weighted by atomic mass is 16.5. The highest BCUT2D eigenvalue weighted by Crippen LogP contribution is 2.36. The molecule has 4 rings (SSSR count). The van der Waals surface area contributed by atoms with Crippen LogP contribution in [0.25, 0.3) is 10.9 Å². The van der Waals surface area contributed by atoms with E-state index in [-0.39, 0.29) is 36.5 Å². The molecule has 134 valence electrons. The van der Waals surface area contributed by atoms with Crippen LogP contribution < -0.4 is 0 Å². The number of hydrogen-bond acceptors (Lipinski definition) is 4. The molecule has 0 aliphatic carbocycles. The van der Waals surface area contributed by atoms with Crippen LogP contribution in [-0.2, 0) is 16.6 Å². The van der Waals surface area contributed by atoms with Crippen LogP contribution in [0.4, 0.5) is 0 Å². The van der Waals surface area contributed by atoms with Gasteiger partial charge in [0.05, 0.1) is 18.6 Å².